The Bertz CT molecular complexity index is 340. The second kappa shape index (κ2) is 4.94. The van der Waals surface area contributed by atoms with E-state index >= 15 is 0 Å². The lowest BCUT2D eigenvalue weighted by Crippen LogP contribution is -2.36. The van der Waals surface area contributed by atoms with Gasteiger partial charge in [-0.25, -0.2) is 4.98 Å². The minimum Gasteiger partial charge on any atom is -0.323 e. The van der Waals surface area contributed by atoms with Crippen LogP contribution in [0.4, 0.5) is 0 Å². The summed E-state index contributed by atoms with van der Waals surface area (Å²) in [6.45, 7) is 8.22. The van der Waals surface area contributed by atoms with Crippen LogP contribution in [0.25, 0.3) is 0 Å². The summed E-state index contributed by atoms with van der Waals surface area (Å²) in [5, 5.41) is 12.1. The van der Waals surface area contributed by atoms with Crippen molar-refractivity contribution in [2.45, 2.75) is 39.3 Å². The Morgan fingerprint density at radius 3 is 2.87 bits per heavy atom. The van der Waals surface area contributed by atoms with Gasteiger partial charge in [0.2, 0.25) is 5.82 Å². The number of hydrogen-bond acceptors (Lipinski definition) is 3. The van der Waals surface area contributed by atoms with E-state index in [0.29, 0.717) is 5.82 Å². The summed E-state index contributed by atoms with van der Waals surface area (Å²) in [6.07, 6.45) is 4.51. The van der Waals surface area contributed by atoms with E-state index in [1.165, 1.54) is 0 Å². The molecule has 0 saturated heterocycles. The Hall–Kier alpha value is -1.34. The van der Waals surface area contributed by atoms with Gasteiger partial charge in [-0.2, -0.15) is 5.26 Å². The molecule has 1 aromatic heterocycles. The fourth-order valence-corrected chi connectivity index (χ4v) is 1.32. The van der Waals surface area contributed by atoms with Crippen LogP contribution >= 0.6 is 0 Å². The molecular formula is C11H18N4. The lowest BCUT2D eigenvalue weighted by Gasteiger charge is -2.20. The van der Waals surface area contributed by atoms with Crippen molar-refractivity contribution in [3.05, 3.63) is 18.2 Å². The Balaban J connectivity index is 2.30. The summed E-state index contributed by atoms with van der Waals surface area (Å²) in [6, 6.07) is 2.06. The molecule has 1 N–H and O–H groups in total. The lowest BCUT2D eigenvalue weighted by molar-refractivity contribution is 0.413. The zero-order valence-corrected chi connectivity index (χ0v) is 9.62. The fourth-order valence-electron chi connectivity index (χ4n) is 1.32. The molecule has 0 aliphatic carbocycles. The average molecular weight is 206 g/mol. The minimum atomic E-state index is 0.160. The van der Waals surface area contributed by atoms with E-state index in [0.717, 1.165) is 19.5 Å². The standard InChI is InChI=1S/C11H18N4/c1-11(2,3)14-5-4-7-15-8-6-13-10(15)9-12/h6,8,14H,4-5,7H2,1-3H3. The van der Waals surface area contributed by atoms with Crippen LogP contribution in [0, 0.1) is 11.3 Å². The topological polar surface area (TPSA) is 53.6 Å². The van der Waals surface area contributed by atoms with Gasteiger partial charge in [0.25, 0.3) is 0 Å². The second-order valence-electron chi connectivity index (χ2n) is 4.59. The molecule has 0 aliphatic heterocycles. The van der Waals surface area contributed by atoms with Crippen LogP contribution in [-0.4, -0.2) is 21.6 Å². The molecule has 1 rings (SSSR count). The maximum atomic E-state index is 8.74. The molecule has 0 unspecified atom stereocenters. The summed E-state index contributed by atoms with van der Waals surface area (Å²) in [4.78, 5) is 3.94. The highest BCUT2D eigenvalue weighted by Gasteiger charge is 2.07. The molecule has 0 bridgehead atoms. The first-order chi connectivity index (χ1) is 7.03. The molecule has 0 atom stereocenters. The number of imidazole rings is 1. The molecule has 0 aromatic carbocycles. The van der Waals surface area contributed by atoms with Crippen molar-refractivity contribution >= 4 is 0 Å². The molecule has 1 aromatic rings. The van der Waals surface area contributed by atoms with E-state index < -0.39 is 0 Å². The maximum absolute atomic E-state index is 8.74. The van der Waals surface area contributed by atoms with E-state index in [9.17, 15) is 0 Å². The van der Waals surface area contributed by atoms with E-state index in [2.05, 4.69) is 37.1 Å². The van der Waals surface area contributed by atoms with Crippen LogP contribution < -0.4 is 5.32 Å². The zero-order valence-electron chi connectivity index (χ0n) is 9.62. The SMILES string of the molecule is CC(C)(C)NCCCn1ccnc1C#N. The van der Waals surface area contributed by atoms with Crippen molar-refractivity contribution in [1.29, 1.82) is 5.26 Å². The van der Waals surface area contributed by atoms with Gasteiger partial charge in [-0.1, -0.05) is 0 Å². The molecule has 0 fully saturated rings. The largest absolute Gasteiger partial charge is 0.323 e. The van der Waals surface area contributed by atoms with Crippen molar-refractivity contribution in [1.82, 2.24) is 14.9 Å². The monoisotopic (exact) mass is 206 g/mol. The highest BCUT2D eigenvalue weighted by atomic mass is 15.1. The molecule has 0 saturated carbocycles. The van der Waals surface area contributed by atoms with E-state index in [1.54, 1.807) is 6.20 Å². The van der Waals surface area contributed by atoms with Crippen LogP contribution in [0.15, 0.2) is 12.4 Å². The average Bonchev–Trinajstić information content (AvgIpc) is 2.58. The van der Waals surface area contributed by atoms with Gasteiger partial charge in [0.15, 0.2) is 0 Å². The predicted octanol–water partition coefficient (Wildman–Crippen LogP) is 1.53. The summed E-state index contributed by atoms with van der Waals surface area (Å²) in [7, 11) is 0. The molecule has 0 radical (unpaired) electrons. The summed E-state index contributed by atoms with van der Waals surface area (Å²) >= 11 is 0. The van der Waals surface area contributed by atoms with Gasteiger partial charge >= 0.3 is 0 Å². The number of hydrogen-bond donors (Lipinski definition) is 1. The van der Waals surface area contributed by atoms with Crippen LogP contribution in [0.2, 0.25) is 0 Å². The maximum Gasteiger partial charge on any atom is 0.212 e. The Morgan fingerprint density at radius 1 is 1.53 bits per heavy atom. The van der Waals surface area contributed by atoms with Gasteiger partial charge in [0.1, 0.15) is 6.07 Å². The third kappa shape index (κ3) is 4.13. The van der Waals surface area contributed by atoms with Gasteiger partial charge in [-0.05, 0) is 33.7 Å². The van der Waals surface area contributed by atoms with Gasteiger partial charge in [0, 0.05) is 24.5 Å². The quantitative estimate of drug-likeness (QED) is 0.760. The highest BCUT2D eigenvalue weighted by Crippen LogP contribution is 2.00. The van der Waals surface area contributed by atoms with Crippen LogP contribution in [0.3, 0.4) is 0 Å². The Kier molecular flexibility index (Phi) is 3.87. The lowest BCUT2D eigenvalue weighted by atomic mass is 10.1. The first kappa shape index (κ1) is 11.7. The van der Waals surface area contributed by atoms with Crippen LogP contribution in [0.1, 0.15) is 33.0 Å². The summed E-state index contributed by atoms with van der Waals surface area (Å²) in [5.41, 5.74) is 0.160. The molecule has 4 nitrogen and oxygen atoms in total. The van der Waals surface area contributed by atoms with Gasteiger partial charge in [-0.3, -0.25) is 0 Å². The molecule has 1 heterocycles. The number of aryl methyl sites for hydroxylation is 1. The fraction of sp³-hybridized carbons (Fsp3) is 0.636. The molecular weight excluding hydrogens is 188 g/mol. The molecule has 0 amide bonds. The summed E-state index contributed by atoms with van der Waals surface area (Å²) < 4.78 is 1.88. The van der Waals surface area contributed by atoms with Gasteiger partial charge in [-0.15, -0.1) is 0 Å². The van der Waals surface area contributed by atoms with Crippen molar-refractivity contribution in [2.75, 3.05) is 6.54 Å². The van der Waals surface area contributed by atoms with Crippen molar-refractivity contribution < 1.29 is 0 Å². The third-order valence-corrected chi connectivity index (χ3v) is 2.05. The molecule has 0 aliphatic rings. The Morgan fingerprint density at radius 2 is 2.27 bits per heavy atom. The van der Waals surface area contributed by atoms with Gasteiger partial charge in [0.05, 0.1) is 0 Å². The normalized spacial score (nSPS) is 11.3. The Labute approximate surface area is 90.9 Å². The van der Waals surface area contributed by atoms with Crippen molar-refractivity contribution in [3.63, 3.8) is 0 Å². The van der Waals surface area contributed by atoms with Crippen LogP contribution in [-0.2, 0) is 6.54 Å². The van der Waals surface area contributed by atoms with E-state index in [1.807, 2.05) is 10.8 Å². The molecule has 0 spiro atoms. The van der Waals surface area contributed by atoms with Crippen molar-refractivity contribution in [3.8, 4) is 6.07 Å². The van der Waals surface area contributed by atoms with E-state index in [4.69, 9.17) is 5.26 Å². The number of nitrogens with one attached hydrogen (secondary N) is 1. The minimum absolute atomic E-state index is 0.160. The number of nitrogens with zero attached hydrogens (tertiary/aromatic N) is 3. The summed E-state index contributed by atoms with van der Waals surface area (Å²) in [5.74, 6) is 0.491. The molecule has 4 heteroatoms. The van der Waals surface area contributed by atoms with Gasteiger partial charge < -0.3 is 9.88 Å². The predicted molar refractivity (Wildman–Crippen MR) is 59.3 cm³/mol. The number of rotatable bonds is 4. The first-order valence-electron chi connectivity index (χ1n) is 5.19. The smallest absolute Gasteiger partial charge is 0.212 e. The third-order valence-electron chi connectivity index (χ3n) is 2.05. The highest BCUT2D eigenvalue weighted by molar-refractivity contribution is 5.10. The molecule has 15 heavy (non-hydrogen) atoms. The van der Waals surface area contributed by atoms with E-state index in [-0.39, 0.29) is 5.54 Å². The molecule has 82 valence electrons. The number of nitriles is 1. The first-order valence-corrected chi connectivity index (χ1v) is 5.19. The zero-order chi connectivity index (χ0) is 11.3. The van der Waals surface area contributed by atoms with Crippen LogP contribution in [0.5, 0.6) is 0 Å². The second-order valence-corrected chi connectivity index (χ2v) is 4.59. The number of aromatic nitrogens is 2. The van der Waals surface area contributed by atoms with Crippen molar-refractivity contribution in [2.24, 2.45) is 0 Å².